The van der Waals surface area contributed by atoms with Gasteiger partial charge in [-0.2, -0.15) is 0 Å². The van der Waals surface area contributed by atoms with Crippen LogP contribution in [0.1, 0.15) is 17.5 Å². The van der Waals surface area contributed by atoms with Crippen LogP contribution in [0.2, 0.25) is 0 Å². The molecule has 0 aromatic heterocycles. The van der Waals surface area contributed by atoms with Gasteiger partial charge < -0.3 is 15.0 Å². The molecule has 0 bridgehead atoms. The van der Waals surface area contributed by atoms with E-state index in [1.807, 2.05) is 18.2 Å². The molecule has 0 unspecified atom stereocenters. The highest BCUT2D eigenvalue weighted by molar-refractivity contribution is 6.07. The maximum Gasteiger partial charge on any atom is 0.409 e. The Bertz CT molecular complexity index is 688. The number of nitrogens with zero attached hydrogens (tertiary/aromatic N) is 2. The van der Waals surface area contributed by atoms with Gasteiger partial charge in [-0.15, -0.1) is 0 Å². The van der Waals surface area contributed by atoms with Crippen molar-refractivity contribution in [3.63, 3.8) is 0 Å². The minimum absolute atomic E-state index is 0.0111. The number of ether oxygens (including phenoxy) is 1. The molecule has 1 aliphatic heterocycles. The van der Waals surface area contributed by atoms with E-state index >= 15 is 0 Å². The lowest BCUT2D eigenvalue weighted by molar-refractivity contribution is -0.132. The van der Waals surface area contributed by atoms with E-state index in [4.69, 9.17) is 4.74 Å². The fourth-order valence-corrected chi connectivity index (χ4v) is 3.26. The van der Waals surface area contributed by atoms with E-state index in [9.17, 15) is 14.4 Å². The number of hydrogen-bond acceptors (Lipinski definition) is 4. The normalized spacial score (nSPS) is 22.3. The standard InChI is InChI=1S/C17H21N3O4/c1-19(2)16(23)24-10-9-20-14(21)17(18-15(20)22)8-7-12-5-3-4-6-13(12)11-17/h3-6H,7-11H2,1-2H3,(H,18,22)/t17-/m0/s1. The maximum atomic E-state index is 12.8. The topological polar surface area (TPSA) is 79.0 Å². The van der Waals surface area contributed by atoms with Gasteiger partial charge in [-0.3, -0.25) is 9.69 Å². The smallest absolute Gasteiger partial charge is 0.409 e. The Morgan fingerprint density at radius 2 is 2.00 bits per heavy atom. The highest BCUT2D eigenvalue weighted by Crippen LogP contribution is 2.33. The van der Waals surface area contributed by atoms with Crippen LogP contribution in [-0.2, 0) is 22.4 Å². The molecule has 1 heterocycles. The molecule has 7 nitrogen and oxygen atoms in total. The van der Waals surface area contributed by atoms with E-state index in [2.05, 4.69) is 11.4 Å². The Labute approximate surface area is 140 Å². The van der Waals surface area contributed by atoms with E-state index in [-0.39, 0.29) is 19.1 Å². The number of nitrogens with one attached hydrogen (secondary N) is 1. The van der Waals surface area contributed by atoms with Gasteiger partial charge in [0.15, 0.2) is 0 Å². The third kappa shape index (κ3) is 2.81. The SMILES string of the molecule is CN(C)C(=O)OCCN1C(=O)N[C@]2(CCc3ccccc3C2)C1=O. The summed E-state index contributed by atoms with van der Waals surface area (Å²) in [4.78, 5) is 38.9. The Morgan fingerprint density at radius 1 is 1.29 bits per heavy atom. The highest BCUT2D eigenvalue weighted by atomic mass is 16.6. The predicted octanol–water partition coefficient (Wildman–Crippen LogP) is 1.16. The summed E-state index contributed by atoms with van der Waals surface area (Å²) < 4.78 is 5.01. The molecule has 24 heavy (non-hydrogen) atoms. The first kappa shape index (κ1) is 16.3. The zero-order valence-corrected chi connectivity index (χ0v) is 13.9. The number of hydrogen-bond donors (Lipinski definition) is 1. The van der Waals surface area contributed by atoms with Crippen molar-refractivity contribution in [2.24, 2.45) is 0 Å². The molecule has 1 spiro atoms. The molecule has 1 saturated heterocycles. The lowest BCUT2D eigenvalue weighted by Gasteiger charge is -2.32. The number of aryl methyl sites for hydroxylation is 1. The van der Waals surface area contributed by atoms with Crippen molar-refractivity contribution in [3.05, 3.63) is 35.4 Å². The van der Waals surface area contributed by atoms with Gasteiger partial charge in [-0.25, -0.2) is 9.59 Å². The fourth-order valence-electron chi connectivity index (χ4n) is 3.26. The molecule has 0 radical (unpaired) electrons. The highest BCUT2D eigenvalue weighted by Gasteiger charge is 2.52. The van der Waals surface area contributed by atoms with Gasteiger partial charge >= 0.3 is 12.1 Å². The number of imide groups is 1. The number of rotatable bonds is 3. The van der Waals surface area contributed by atoms with Gasteiger partial charge in [0.2, 0.25) is 0 Å². The summed E-state index contributed by atoms with van der Waals surface area (Å²) in [5.74, 6) is -0.233. The van der Waals surface area contributed by atoms with E-state index in [1.165, 1.54) is 10.5 Å². The van der Waals surface area contributed by atoms with Crippen LogP contribution in [0, 0.1) is 0 Å². The largest absolute Gasteiger partial charge is 0.448 e. The third-order valence-corrected chi connectivity index (χ3v) is 4.58. The zero-order valence-electron chi connectivity index (χ0n) is 13.9. The molecule has 0 saturated carbocycles. The molecule has 4 amide bonds. The van der Waals surface area contributed by atoms with Gasteiger partial charge in [0.1, 0.15) is 12.1 Å². The van der Waals surface area contributed by atoms with Crippen LogP contribution >= 0.6 is 0 Å². The average Bonchev–Trinajstić information content (AvgIpc) is 2.78. The first-order chi connectivity index (χ1) is 11.4. The van der Waals surface area contributed by atoms with E-state index in [1.54, 1.807) is 14.1 Å². The fraction of sp³-hybridized carbons (Fsp3) is 0.471. The van der Waals surface area contributed by atoms with Crippen molar-refractivity contribution >= 4 is 18.0 Å². The van der Waals surface area contributed by atoms with Crippen LogP contribution in [0.15, 0.2) is 24.3 Å². The average molecular weight is 331 g/mol. The second-order valence-electron chi connectivity index (χ2n) is 6.42. The number of carbonyl (C=O) groups excluding carboxylic acids is 3. The number of carbonyl (C=O) groups is 3. The predicted molar refractivity (Wildman–Crippen MR) is 86.5 cm³/mol. The van der Waals surface area contributed by atoms with Gasteiger partial charge in [0.05, 0.1) is 6.54 Å². The van der Waals surface area contributed by atoms with Gasteiger partial charge in [-0.1, -0.05) is 24.3 Å². The lowest BCUT2D eigenvalue weighted by Crippen LogP contribution is -2.51. The van der Waals surface area contributed by atoms with Crippen LogP contribution in [0.5, 0.6) is 0 Å². The molecular formula is C17H21N3O4. The molecule has 3 rings (SSSR count). The number of benzene rings is 1. The zero-order chi connectivity index (χ0) is 17.3. The van der Waals surface area contributed by atoms with Gasteiger partial charge in [-0.05, 0) is 24.0 Å². The number of fused-ring (bicyclic) bond motifs is 1. The molecule has 1 fully saturated rings. The second kappa shape index (κ2) is 6.14. The molecule has 1 N–H and O–H groups in total. The van der Waals surface area contributed by atoms with Crippen LogP contribution in [0.4, 0.5) is 9.59 Å². The second-order valence-corrected chi connectivity index (χ2v) is 6.42. The summed E-state index contributed by atoms with van der Waals surface area (Å²) >= 11 is 0. The molecule has 2 aliphatic rings. The summed E-state index contributed by atoms with van der Waals surface area (Å²) in [7, 11) is 3.15. The number of urea groups is 1. The monoisotopic (exact) mass is 331 g/mol. The first-order valence-electron chi connectivity index (χ1n) is 7.98. The summed E-state index contributed by atoms with van der Waals surface area (Å²) in [6.45, 7) is 0.0521. The molecule has 7 heteroatoms. The number of amides is 4. The van der Waals surface area contributed by atoms with Gasteiger partial charge in [0, 0.05) is 20.5 Å². The van der Waals surface area contributed by atoms with Crippen LogP contribution in [-0.4, -0.2) is 60.6 Å². The van der Waals surface area contributed by atoms with E-state index in [0.717, 1.165) is 16.9 Å². The Morgan fingerprint density at radius 3 is 2.71 bits per heavy atom. The minimum Gasteiger partial charge on any atom is -0.448 e. The summed E-state index contributed by atoms with van der Waals surface area (Å²) in [6, 6.07) is 7.56. The van der Waals surface area contributed by atoms with Crippen molar-refractivity contribution in [3.8, 4) is 0 Å². The van der Waals surface area contributed by atoms with Crippen molar-refractivity contribution < 1.29 is 19.1 Å². The maximum absolute atomic E-state index is 12.8. The van der Waals surface area contributed by atoms with Crippen LogP contribution < -0.4 is 5.32 Å². The molecule has 1 aromatic rings. The Hall–Kier alpha value is -2.57. The summed E-state index contributed by atoms with van der Waals surface area (Å²) in [5, 5.41) is 2.86. The summed E-state index contributed by atoms with van der Waals surface area (Å²) in [5.41, 5.74) is 1.46. The van der Waals surface area contributed by atoms with Crippen LogP contribution in [0.25, 0.3) is 0 Å². The first-order valence-corrected chi connectivity index (χ1v) is 7.98. The molecular weight excluding hydrogens is 310 g/mol. The molecule has 128 valence electrons. The third-order valence-electron chi connectivity index (χ3n) is 4.58. The Balaban J connectivity index is 1.67. The van der Waals surface area contributed by atoms with E-state index < -0.39 is 17.7 Å². The van der Waals surface area contributed by atoms with Crippen molar-refractivity contribution in [1.29, 1.82) is 0 Å². The van der Waals surface area contributed by atoms with Crippen molar-refractivity contribution in [2.45, 2.75) is 24.8 Å². The molecule has 1 aliphatic carbocycles. The van der Waals surface area contributed by atoms with Crippen molar-refractivity contribution in [1.82, 2.24) is 15.1 Å². The van der Waals surface area contributed by atoms with Crippen molar-refractivity contribution in [2.75, 3.05) is 27.2 Å². The Kier molecular flexibility index (Phi) is 4.17. The molecule has 1 aromatic carbocycles. The summed E-state index contributed by atoms with van der Waals surface area (Å²) in [6.07, 6.45) is 1.35. The van der Waals surface area contributed by atoms with Gasteiger partial charge in [0.25, 0.3) is 5.91 Å². The lowest BCUT2D eigenvalue weighted by atomic mass is 9.78. The van der Waals surface area contributed by atoms with Crippen LogP contribution in [0.3, 0.4) is 0 Å². The molecule has 1 atom stereocenters. The van der Waals surface area contributed by atoms with E-state index in [0.29, 0.717) is 12.8 Å². The minimum atomic E-state index is -0.864. The quantitative estimate of drug-likeness (QED) is 0.843.